The first-order valence-electron chi connectivity index (χ1n) is 22.9. The molecule has 1 aromatic heterocycles. The first-order valence-corrected chi connectivity index (χ1v) is 22.9. The third-order valence-corrected chi connectivity index (χ3v) is 13.6. The summed E-state index contributed by atoms with van der Waals surface area (Å²) in [6, 6.07) is 83.3. The number of nitriles is 1. The van der Waals surface area contributed by atoms with Crippen LogP contribution in [0.5, 0.6) is 0 Å². The van der Waals surface area contributed by atoms with Crippen molar-refractivity contribution in [1.82, 2.24) is 15.0 Å². The molecule has 0 spiro atoms. The summed E-state index contributed by atoms with van der Waals surface area (Å²) in [6.07, 6.45) is 0. The molecule has 0 bridgehead atoms. The van der Waals surface area contributed by atoms with Gasteiger partial charge in [-0.15, -0.1) is 0 Å². The second-order valence-electron chi connectivity index (χ2n) is 17.4. The van der Waals surface area contributed by atoms with Crippen molar-refractivity contribution in [3.8, 4) is 107 Å². The molecule has 4 nitrogen and oxygen atoms in total. The molecule has 0 N–H and O–H groups in total. The predicted octanol–water partition coefficient (Wildman–Crippen LogP) is 16.5. The third kappa shape index (κ3) is 6.48. The summed E-state index contributed by atoms with van der Waals surface area (Å²) >= 11 is 0. The van der Waals surface area contributed by atoms with Crippen LogP contribution in [0.1, 0.15) is 5.56 Å². The van der Waals surface area contributed by atoms with E-state index in [-0.39, 0.29) is 0 Å². The van der Waals surface area contributed by atoms with Crippen LogP contribution in [0.4, 0.5) is 0 Å². The molecule has 0 unspecified atom stereocenters. The van der Waals surface area contributed by atoms with Gasteiger partial charge in [-0.2, -0.15) is 5.26 Å². The Balaban J connectivity index is 0.862. The van der Waals surface area contributed by atoms with Crippen molar-refractivity contribution in [1.29, 1.82) is 5.26 Å². The summed E-state index contributed by atoms with van der Waals surface area (Å²) in [5.41, 5.74) is 16.6. The number of fused-ring (bicyclic) bond motifs is 6. The van der Waals surface area contributed by atoms with Crippen LogP contribution in [-0.4, -0.2) is 15.0 Å². The van der Waals surface area contributed by atoms with E-state index in [2.05, 4.69) is 188 Å². The van der Waals surface area contributed by atoms with Gasteiger partial charge in [0.25, 0.3) is 0 Å². The minimum atomic E-state index is 0.585. The van der Waals surface area contributed by atoms with Crippen molar-refractivity contribution in [3.63, 3.8) is 0 Å². The van der Waals surface area contributed by atoms with Crippen LogP contribution in [0, 0.1) is 11.3 Å². The van der Waals surface area contributed by atoms with E-state index in [1.54, 1.807) is 0 Å². The highest BCUT2D eigenvalue weighted by atomic mass is 15.0. The van der Waals surface area contributed by atoms with E-state index in [4.69, 9.17) is 15.0 Å². The zero-order valence-electron chi connectivity index (χ0n) is 36.7. The summed E-state index contributed by atoms with van der Waals surface area (Å²) in [6.45, 7) is 0. The lowest BCUT2D eigenvalue weighted by atomic mass is 9.89. The number of hydrogen-bond acceptors (Lipinski definition) is 4. The lowest BCUT2D eigenvalue weighted by Crippen LogP contribution is -2.01. The molecular weight excluding hydrogens is 825 g/mol. The van der Waals surface area contributed by atoms with Gasteiger partial charge in [0.15, 0.2) is 17.5 Å². The van der Waals surface area contributed by atoms with Crippen molar-refractivity contribution in [2.75, 3.05) is 0 Å². The molecule has 0 amide bonds. The fourth-order valence-electron chi connectivity index (χ4n) is 10.3. The second kappa shape index (κ2) is 16.0. The zero-order chi connectivity index (χ0) is 45.1. The monoisotopic (exact) mass is 862 g/mol. The molecule has 1 aliphatic carbocycles. The van der Waals surface area contributed by atoms with E-state index in [0.717, 1.165) is 61.0 Å². The molecule has 11 aromatic carbocycles. The minimum absolute atomic E-state index is 0.585. The van der Waals surface area contributed by atoms with Gasteiger partial charge in [0, 0.05) is 22.3 Å². The Morgan fingerprint density at radius 3 is 1.59 bits per heavy atom. The summed E-state index contributed by atoms with van der Waals surface area (Å²) in [5, 5.41) is 18.0. The molecule has 0 saturated heterocycles. The number of aromatic nitrogens is 3. The van der Waals surface area contributed by atoms with Crippen molar-refractivity contribution in [2.45, 2.75) is 0 Å². The van der Waals surface area contributed by atoms with Gasteiger partial charge < -0.3 is 0 Å². The van der Waals surface area contributed by atoms with Crippen LogP contribution >= 0.6 is 0 Å². The summed E-state index contributed by atoms with van der Waals surface area (Å²) in [7, 11) is 0. The molecule has 0 fully saturated rings. The van der Waals surface area contributed by atoms with Gasteiger partial charge in [-0.3, -0.25) is 0 Å². The standard InChI is InChI=1S/C64H38N4/c65-39-47-37-44(40-27-29-42(30-28-40)49-23-11-24-53-48-18-5-4-13-41(48)31-34-56(49)53)32-33-51(47)52-20-7-6-19-50(52)45-16-10-17-46(38-45)63-66-62(43-14-2-1-3-15-43)67-64(68-63)60-36-35-59-55-22-9-8-21-54(55)57-25-12-26-58(60)61(57)59/h1-38H. The topological polar surface area (TPSA) is 62.5 Å². The maximum atomic E-state index is 10.7. The minimum Gasteiger partial charge on any atom is -0.208 e. The fourth-order valence-corrected chi connectivity index (χ4v) is 10.3. The Bertz CT molecular complexity index is 4000. The molecule has 0 radical (unpaired) electrons. The van der Waals surface area contributed by atoms with E-state index in [1.165, 1.54) is 54.7 Å². The van der Waals surface area contributed by atoms with Crippen LogP contribution in [0.25, 0.3) is 133 Å². The lowest BCUT2D eigenvalue weighted by molar-refractivity contribution is 1.08. The van der Waals surface area contributed by atoms with Gasteiger partial charge in [-0.1, -0.05) is 212 Å². The first-order chi connectivity index (χ1) is 33.7. The number of benzene rings is 11. The number of hydrogen-bond donors (Lipinski definition) is 0. The van der Waals surface area contributed by atoms with Crippen molar-refractivity contribution >= 4 is 32.3 Å². The van der Waals surface area contributed by atoms with Crippen LogP contribution in [-0.2, 0) is 0 Å². The van der Waals surface area contributed by atoms with Gasteiger partial charge in [-0.05, 0) is 112 Å². The average Bonchev–Trinajstić information content (AvgIpc) is 3.75. The highest BCUT2D eigenvalue weighted by molar-refractivity contribution is 6.18. The molecule has 0 saturated carbocycles. The summed E-state index contributed by atoms with van der Waals surface area (Å²) < 4.78 is 0. The molecule has 13 rings (SSSR count). The maximum Gasteiger partial charge on any atom is 0.164 e. The van der Waals surface area contributed by atoms with E-state index in [1.807, 2.05) is 48.5 Å². The molecule has 0 aliphatic heterocycles. The van der Waals surface area contributed by atoms with Crippen molar-refractivity contribution in [3.05, 3.63) is 236 Å². The Hall–Kier alpha value is -9.30. The molecule has 68 heavy (non-hydrogen) atoms. The lowest BCUT2D eigenvalue weighted by Gasteiger charge is -2.15. The molecule has 1 heterocycles. The van der Waals surface area contributed by atoms with E-state index in [0.29, 0.717) is 23.0 Å². The molecular formula is C64H38N4. The number of rotatable bonds is 7. The van der Waals surface area contributed by atoms with Gasteiger partial charge >= 0.3 is 0 Å². The van der Waals surface area contributed by atoms with Crippen LogP contribution < -0.4 is 0 Å². The van der Waals surface area contributed by atoms with Gasteiger partial charge in [-0.25, -0.2) is 15.0 Å². The van der Waals surface area contributed by atoms with Gasteiger partial charge in [0.2, 0.25) is 0 Å². The molecule has 1 aliphatic rings. The van der Waals surface area contributed by atoms with Gasteiger partial charge in [0.05, 0.1) is 11.6 Å². The quantitative estimate of drug-likeness (QED) is 0.150. The molecule has 4 heteroatoms. The average molecular weight is 863 g/mol. The Morgan fingerprint density at radius 1 is 0.265 bits per heavy atom. The number of nitrogens with zero attached hydrogens (tertiary/aromatic N) is 4. The fraction of sp³-hybridized carbons (Fsp3) is 0. The summed E-state index contributed by atoms with van der Waals surface area (Å²) in [4.78, 5) is 15.5. The molecule has 0 atom stereocenters. The van der Waals surface area contributed by atoms with Crippen molar-refractivity contribution < 1.29 is 0 Å². The SMILES string of the molecule is N#Cc1cc(-c2ccc(-c3cccc4c3ccc3ccccc34)cc2)ccc1-c1ccccc1-c1cccc(-c2nc(-c3ccccc3)nc(-c3ccc4c5c(cccc35)-c3ccccc3-4)n2)c1. The highest BCUT2D eigenvalue weighted by Gasteiger charge is 2.24. The molecule has 314 valence electrons. The highest BCUT2D eigenvalue weighted by Crippen LogP contribution is 2.49. The van der Waals surface area contributed by atoms with Crippen molar-refractivity contribution in [2.24, 2.45) is 0 Å². The smallest absolute Gasteiger partial charge is 0.164 e. The van der Waals surface area contributed by atoms with E-state index >= 15 is 0 Å². The van der Waals surface area contributed by atoms with Crippen LogP contribution in [0.15, 0.2) is 231 Å². The van der Waals surface area contributed by atoms with E-state index in [9.17, 15) is 5.26 Å². The van der Waals surface area contributed by atoms with Crippen LogP contribution in [0.3, 0.4) is 0 Å². The summed E-state index contributed by atoms with van der Waals surface area (Å²) in [5.74, 6) is 1.82. The Kier molecular flexibility index (Phi) is 9.20. The predicted molar refractivity (Wildman–Crippen MR) is 280 cm³/mol. The maximum absolute atomic E-state index is 10.7. The third-order valence-electron chi connectivity index (χ3n) is 13.6. The van der Waals surface area contributed by atoms with Crippen LogP contribution in [0.2, 0.25) is 0 Å². The largest absolute Gasteiger partial charge is 0.208 e. The zero-order valence-corrected chi connectivity index (χ0v) is 36.7. The second-order valence-corrected chi connectivity index (χ2v) is 17.4. The Morgan fingerprint density at radius 2 is 0.794 bits per heavy atom. The Labute approximate surface area is 393 Å². The normalized spacial score (nSPS) is 11.5. The molecule has 12 aromatic rings. The van der Waals surface area contributed by atoms with Gasteiger partial charge in [0.1, 0.15) is 0 Å². The van der Waals surface area contributed by atoms with E-state index < -0.39 is 0 Å². The first kappa shape index (κ1) is 39.1.